The van der Waals surface area contributed by atoms with Crippen LogP contribution >= 0.6 is 0 Å². The Balaban J connectivity index is 1.83. The van der Waals surface area contributed by atoms with E-state index in [4.69, 9.17) is 0 Å². The third kappa shape index (κ3) is 3.24. The Labute approximate surface area is 123 Å². The van der Waals surface area contributed by atoms with Crippen LogP contribution < -0.4 is 5.32 Å². The third-order valence-corrected chi connectivity index (χ3v) is 4.66. The largest absolute Gasteiger partial charge is 0.394 e. The predicted molar refractivity (Wildman–Crippen MR) is 76.1 cm³/mol. The first-order valence-electron chi connectivity index (χ1n) is 7.65. The highest BCUT2D eigenvalue weighted by atomic mass is 19.4. The molecular weight excluding hydrogens is 277 g/mol. The molecule has 1 aromatic rings. The van der Waals surface area contributed by atoms with E-state index >= 15 is 0 Å². The first-order valence-corrected chi connectivity index (χ1v) is 7.65. The van der Waals surface area contributed by atoms with E-state index in [1.54, 1.807) is 0 Å². The number of benzene rings is 1. The fourth-order valence-electron chi connectivity index (χ4n) is 3.55. The van der Waals surface area contributed by atoms with Crippen LogP contribution in [0.1, 0.15) is 30.0 Å². The van der Waals surface area contributed by atoms with Gasteiger partial charge >= 0.3 is 6.18 Å². The lowest BCUT2D eigenvalue weighted by molar-refractivity contribution is -0.177. The Hall–Kier alpha value is -1.07. The van der Waals surface area contributed by atoms with Gasteiger partial charge in [-0.25, -0.2) is 0 Å². The van der Waals surface area contributed by atoms with Crippen molar-refractivity contribution in [3.05, 3.63) is 35.4 Å². The molecule has 1 aromatic carbocycles. The second kappa shape index (κ2) is 5.97. The van der Waals surface area contributed by atoms with E-state index in [1.807, 2.05) is 17.0 Å². The average Bonchev–Trinajstić information content (AvgIpc) is 2.72. The Bertz CT molecular complexity index is 487. The molecule has 1 saturated heterocycles. The normalized spacial score (nSPS) is 28.0. The number of halogens is 3. The van der Waals surface area contributed by atoms with Crippen molar-refractivity contribution in [1.82, 2.24) is 10.2 Å². The number of nitrogens with one attached hydrogen (secondary N) is 1. The summed E-state index contributed by atoms with van der Waals surface area (Å²) in [7, 11) is 0. The summed E-state index contributed by atoms with van der Waals surface area (Å²) in [5.41, 5.74) is 2.53. The maximum Gasteiger partial charge on any atom is 0.394 e. The lowest BCUT2D eigenvalue weighted by Crippen LogP contribution is -2.40. The van der Waals surface area contributed by atoms with Crippen LogP contribution in [0.25, 0.3) is 0 Å². The quantitative estimate of drug-likeness (QED) is 0.857. The zero-order valence-corrected chi connectivity index (χ0v) is 12.0. The van der Waals surface area contributed by atoms with Crippen LogP contribution in [0.15, 0.2) is 24.3 Å². The Morgan fingerprint density at radius 3 is 2.81 bits per heavy atom. The number of fused-ring (bicyclic) bond motifs is 1. The minimum absolute atomic E-state index is 0.0361. The fraction of sp³-hybridized carbons (Fsp3) is 0.625. The van der Waals surface area contributed by atoms with Crippen molar-refractivity contribution in [2.75, 3.05) is 26.2 Å². The van der Waals surface area contributed by atoms with Crippen molar-refractivity contribution in [3.8, 4) is 0 Å². The summed E-state index contributed by atoms with van der Waals surface area (Å²) in [5.74, 6) is -1.27. The van der Waals surface area contributed by atoms with Gasteiger partial charge in [0.1, 0.15) is 0 Å². The average molecular weight is 298 g/mol. The van der Waals surface area contributed by atoms with E-state index in [1.165, 1.54) is 11.1 Å². The van der Waals surface area contributed by atoms with Crippen molar-refractivity contribution >= 4 is 0 Å². The van der Waals surface area contributed by atoms with Gasteiger partial charge in [-0.3, -0.25) is 4.90 Å². The van der Waals surface area contributed by atoms with Crippen molar-refractivity contribution in [3.63, 3.8) is 0 Å². The topological polar surface area (TPSA) is 15.3 Å². The number of alkyl halides is 3. The smallest absolute Gasteiger partial charge is 0.315 e. The molecule has 116 valence electrons. The number of nitrogens with zero attached hydrogens (tertiary/aromatic N) is 1. The third-order valence-electron chi connectivity index (χ3n) is 4.66. The molecule has 5 heteroatoms. The predicted octanol–water partition coefficient (Wildman–Crippen LogP) is 3.15. The van der Waals surface area contributed by atoms with Crippen molar-refractivity contribution in [2.24, 2.45) is 5.92 Å². The first-order chi connectivity index (χ1) is 10.1. The highest BCUT2D eigenvalue weighted by Gasteiger charge is 2.42. The molecule has 0 amide bonds. The standard InChI is InChI=1S/C16H21F3N2/c17-16(18,19)13-10-20-8-9-21(11-13)15-7-3-5-12-4-1-2-6-14(12)15/h1-2,4,6,13,15,20H,3,5,7-11H2. The van der Waals surface area contributed by atoms with Gasteiger partial charge in [0.15, 0.2) is 0 Å². The van der Waals surface area contributed by atoms with Gasteiger partial charge in [-0.2, -0.15) is 13.2 Å². The molecule has 1 aliphatic carbocycles. The molecule has 0 aromatic heterocycles. The van der Waals surface area contributed by atoms with Crippen LogP contribution in [-0.2, 0) is 6.42 Å². The van der Waals surface area contributed by atoms with E-state index in [-0.39, 0.29) is 19.1 Å². The zero-order valence-electron chi connectivity index (χ0n) is 12.0. The summed E-state index contributed by atoms with van der Waals surface area (Å²) in [6, 6.07) is 8.34. The second-order valence-corrected chi connectivity index (χ2v) is 6.04. The van der Waals surface area contributed by atoms with E-state index in [0.29, 0.717) is 13.1 Å². The van der Waals surface area contributed by atoms with Crippen LogP contribution in [0.4, 0.5) is 13.2 Å². The summed E-state index contributed by atoms with van der Waals surface area (Å²) in [6.45, 7) is 1.46. The molecule has 0 spiro atoms. The maximum absolute atomic E-state index is 13.1. The minimum atomic E-state index is -4.12. The van der Waals surface area contributed by atoms with Crippen LogP contribution in [0, 0.1) is 5.92 Å². The molecule has 1 heterocycles. The molecule has 2 atom stereocenters. The van der Waals surface area contributed by atoms with Crippen LogP contribution in [0.5, 0.6) is 0 Å². The molecule has 2 unspecified atom stereocenters. The zero-order chi connectivity index (χ0) is 14.9. The highest BCUT2D eigenvalue weighted by molar-refractivity contribution is 5.32. The minimum Gasteiger partial charge on any atom is -0.315 e. The van der Waals surface area contributed by atoms with Gasteiger partial charge in [0, 0.05) is 32.2 Å². The van der Waals surface area contributed by atoms with Gasteiger partial charge in [0.2, 0.25) is 0 Å². The molecule has 1 aliphatic heterocycles. The molecule has 21 heavy (non-hydrogen) atoms. The van der Waals surface area contributed by atoms with E-state index in [2.05, 4.69) is 17.4 Å². The Kier molecular flexibility index (Phi) is 4.22. The number of hydrogen-bond acceptors (Lipinski definition) is 2. The molecule has 2 aliphatic rings. The van der Waals surface area contributed by atoms with Gasteiger partial charge in [-0.05, 0) is 30.4 Å². The maximum atomic E-state index is 13.1. The molecule has 1 N–H and O–H groups in total. The highest BCUT2D eigenvalue weighted by Crippen LogP contribution is 2.36. The van der Waals surface area contributed by atoms with Crippen LogP contribution in [0.2, 0.25) is 0 Å². The molecule has 3 rings (SSSR count). The summed E-state index contributed by atoms with van der Waals surface area (Å²) < 4.78 is 39.3. The monoisotopic (exact) mass is 298 g/mol. The molecule has 2 nitrogen and oxygen atoms in total. The SMILES string of the molecule is FC(F)(F)C1CNCCN(C2CCCc3ccccc32)C1. The van der Waals surface area contributed by atoms with E-state index < -0.39 is 12.1 Å². The summed E-state index contributed by atoms with van der Waals surface area (Å²) in [4.78, 5) is 2.04. The Morgan fingerprint density at radius 2 is 2.00 bits per heavy atom. The summed E-state index contributed by atoms with van der Waals surface area (Å²) >= 11 is 0. The molecular formula is C16H21F3N2. The van der Waals surface area contributed by atoms with Crippen LogP contribution in [-0.4, -0.2) is 37.3 Å². The molecule has 0 saturated carbocycles. The lowest BCUT2D eigenvalue weighted by Gasteiger charge is -2.36. The van der Waals surface area contributed by atoms with E-state index in [0.717, 1.165) is 19.3 Å². The Morgan fingerprint density at radius 1 is 1.19 bits per heavy atom. The fourth-order valence-corrected chi connectivity index (χ4v) is 3.55. The van der Waals surface area contributed by atoms with Crippen LogP contribution in [0.3, 0.4) is 0 Å². The van der Waals surface area contributed by atoms with Gasteiger partial charge in [-0.15, -0.1) is 0 Å². The second-order valence-electron chi connectivity index (χ2n) is 6.04. The summed E-state index contributed by atoms with van der Waals surface area (Å²) in [5, 5.41) is 2.94. The van der Waals surface area contributed by atoms with Gasteiger partial charge in [0.25, 0.3) is 0 Å². The molecule has 0 radical (unpaired) electrons. The van der Waals surface area contributed by atoms with Gasteiger partial charge in [0.05, 0.1) is 5.92 Å². The van der Waals surface area contributed by atoms with Crippen molar-refractivity contribution < 1.29 is 13.2 Å². The number of rotatable bonds is 1. The van der Waals surface area contributed by atoms with E-state index in [9.17, 15) is 13.2 Å². The van der Waals surface area contributed by atoms with Gasteiger partial charge < -0.3 is 5.32 Å². The summed E-state index contributed by atoms with van der Waals surface area (Å²) in [6.07, 6.45) is -1.06. The molecule has 0 bridgehead atoms. The van der Waals surface area contributed by atoms with Crippen molar-refractivity contribution in [1.29, 1.82) is 0 Å². The molecule has 1 fully saturated rings. The van der Waals surface area contributed by atoms with Crippen molar-refractivity contribution in [2.45, 2.75) is 31.5 Å². The lowest BCUT2D eigenvalue weighted by atomic mass is 9.86. The first kappa shape index (κ1) is 14.9. The van der Waals surface area contributed by atoms with Gasteiger partial charge in [-0.1, -0.05) is 24.3 Å². The number of hydrogen-bond donors (Lipinski definition) is 1. The number of aryl methyl sites for hydroxylation is 1.